The van der Waals surface area contributed by atoms with Gasteiger partial charge in [0.05, 0.1) is 7.11 Å². The van der Waals surface area contributed by atoms with Crippen LogP contribution in [-0.2, 0) is 0 Å². The Morgan fingerprint density at radius 1 is 1.00 bits per heavy atom. The van der Waals surface area contributed by atoms with E-state index in [2.05, 4.69) is 0 Å². The maximum Gasteiger partial charge on any atom is 0.216 e. The topological polar surface area (TPSA) is 35.3 Å². The summed E-state index contributed by atoms with van der Waals surface area (Å²) >= 11 is 0. The molecule has 0 saturated carbocycles. The predicted molar refractivity (Wildman–Crippen MR) is 72.6 cm³/mol. The standard InChI is InChI=1S/C15H15NO2/c1-12-3-7-14(8-4-12)16(17)11-13-5-9-15(18-2)10-6-13/h3-11H,1-2H3/b16-11-. The van der Waals surface area contributed by atoms with Crippen molar-refractivity contribution >= 4 is 11.9 Å². The Bertz CT molecular complexity index is 542. The van der Waals surface area contributed by atoms with Gasteiger partial charge in [0.25, 0.3) is 0 Å². The molecule has 0 radical (unpaired) electrons. The molecule has 0 heterocycles. The van der Waals surface area contributed by atoms with Gasteiger partial charge in [0.1, 0.15) is 5.75 Å². The third-order valence-corrected chi connectivity index (χ3v) is 2.67. The van der Waals surface area contributed by atoms with E-state index in [9.17, 15) is 5.21 Å². The van der Waals surface area contributed by atoms with Crippen molar-refractivity contribution in [1.82, 2.24) is 0 Å². The first-order valence-corrected chi connectivity index (χ1v) is 5.71. The van der Waals surface area contributed by atoms with Gasteiger partial charge < -0.3 is 9.94 Å². The second kappa shape index (κ2) is 5.36. The Morgan fingerprint density at radius 3 is 2.17 bits per heavy atom. The van der Waals surface area contributed by atoms with E-state index < -0.39 is 0 Å². The molecule has 0 bridgehead atoms. The smallest absolute Gasteiger partial charge is 0.216 e. The van der Waals surface area contributed by atoms with Crippen LogP contribution in [0, 0.1) is 12.1 Å². The highest BCUT2D eigenvalue weighted by molar-refractivity contribution is 5.76. The Hall–Kier alpha value is -2.29. The summed E-state index contributed by atoms with van der Waals surface area (Å²) in [6.45, 7) is 1.99. The molecule has 0 unspecified atom stereocenters. The first-order chi connectivity index (χ1) is 8.69. The lowest BCUT2D eigenvalue weighted by Crippen LogP contribution is -1.98. The van der Waals surface area contributed by atoms with Crippen LogP contribution in [-0.4, -0.2) is 18.1 Å². The number of hydrogen-bond acceptors (Lipinski definition) is 2. The van der Waals surface area contributed by atoms with Crippen LogP contribution in [0.15, 0.2) is 48.5 Å². The summed E-state index contributed by atoms with van der Waals surface area (Å²) in [6, 6.07) is 14.8. The highest BCUT2D eigenvalue weighted by Gasteiger charge is 2.01. The zero-order chi connectivity index (χ0) is 13.0. The van der Waals surface area contributed by atoms with Crippen LogP contribution < -0.4 is 4.74 Å². The lowest BCUT2D eigenvalue weighted by Gasteiger charge is -2.03. The van der Waals surface area contributed by atoms with Gasteiger partial charge in [0.2, 0.25) is 5.69 Å². The first-order valence-electron chi connectivity index (χ1n) is 5.71. The molecule has 0 amide bonds. The number of ether oxygens (including phenoxy) is 1. The molecule has 92 valence electrons. The molecule has 0 spiro atoms. The zero-order valence-electron chi connectivity index (χ0n) is 10.5. The molecule has 0 atom stereocenters. The summed E-state index contributed by atoms with van der Waals surface area (Å²) < 4.78 is 5.93. The highest BCUT2D eigenvalue weighted by atomic mass is 16.5. The third-order valence-electron chi connectivity index (χ3n) is 2.67. The minimum absolute atomic E-state index is 0.622. The molecule has 3 nitrogen and oxygen atoms in total. The largest absolute Gasteiger partial charge is 0.618 e. The van der Waals surface area contributed by atoms with Crippen molar-refractivity contribution in [2.45, 2.75) is 6.92 Å². The molecule has 0 aromatic heterocycles. The van der Waals surface area contributed by atoms with Crippen molar-refractivity contribution in [3.8, 4) is 5.75 Å². The summed E-state index contributed by atoms with van der Waals surface area (Å²) in [5.41, 5.74) is 2.60. The van der Waals surface area contributed by atoms with Gasteiger partial charge in [0, 0.05) is 17.7 Å². The van der Waals surface area contributed by atoms with Crippen molar-refractivity contribution in [3.05, 3.63) is 64.9 Å². The van der Waals surface area contributed by atoms with E-state index in [4.69, 9.17) is 4.74 Å². The molecule has 2 aromatic rings. The van der Waals surface area contributed by atoms with Crippen LogP contribution in [0.2, 0.25) is 0 Å². The molecular formula is C15H15NO2. The fourth-order valence-electron chi connectivity index (χ4n) is 1.59. The molecule has 0 saturated heterocycles. The fraction of sp³-hybridized carbons (Fsp3) is 0.133. The lowest BCUT2D eigenvalue weighted by molar-refractivity contribution is -0.354. The van der Waals surface area contributed by atoms with Gasteiger partial charge in [-0.05, 0) is 31.2 Å². The van der Waals surface area contributed by atoms with Crippen molar-refractivity contribution in [1.29, 1.82) is 0 Å². The van der Waals surface area contributed by atoms with Gasteiger partial charge >= 0.3 is 0 Å². The normalized spacial score (nSPS) is 11.3. The molecule has 0 aliphatic carbocycles. The summed E-state index contributed by atoms with van der Waals surface area (Å²) in [5.74, 6) is 0.778. The Kier molecular flexibility index (Phi) is 3.63. The van der Waals surface area contributed by atoms with Gasteiger partial charge in [0.15, 0.2) is 6.21 Å². The van der Waals surface area contributed by atoms with E-state index in [0.29, 0.717) is 5.69 Å². The quantitative estimate of drug-likeness (QED) is 0.358. The van der Waals surface area contributed by atoms with Crippen LogP contribution in [0.4, 0.5) is 5.69 Å². The summed E-state index contributed by atoms with van der Waals surface area (Å²) in [6.07, 6.45) is 1.55. The van der Waals surface area contributed by atoms with E-state index in [0.717, 1.165) is 21.6 Å². The Labute approximate surface area is 107 Å². The van der Waals surface area contributed by atoms with E-state index in [1.807, 2.05) is 55.5 Å². The van der Waals surface area contributed by atoms with Crippen LogP contribution in [0.3, 0.4) is 0 Å². The van der Waals surface area contributed by atoms with Crippen LogP contribution in [0.1, 0.15) is 11.1 Å². The van der Waals surface area contributed by atoms with E-state index in [-0.39, 0.29) is 0 Å². The van der Waals surface area contributed by atoms with Gasteiger partial charge in [-0.15, -0.1) is 0 Å². The van der Waals surface area contributed by atoms with Crippen LogP contribution in [0.25, 0.3) is 0 Å². The number of rotatable bonds is 3. The first kappa shape index (κ1) is 12.2. The second-order valence-corrected chi connectivity index (χ2v) is 4.06. The minimum atomic E-state index is 0.622. The highest BCUT2D eigenvalue weighted by Crippen LogP contribution is 2.13. The molecule has 0 fully saturated rings. The fourth-order valence-corrected chi connectivity index (χ4v) is 1.59. The summed E-state index contributed by atoms with van der Waals surface area (Å²) in [4.78, 5) is 0. The van der Waals surface area contributed by atoms with Crippen molar-refractivity contribution in [2.24, 2.45) is 0 Å². The van der Waals surface area contributed by atoms with Crippen molar-refractivity contribution in [2.75, 3.05) is 7.11 Å². The maximum absolute atomic E-state index is 11.9. The number of aryl methyl sites for hydroxylation is 1. The van der Waals surface area contributed by atoms with Crippen molar-refractivity contribution in [3.63, 3.8) is 0 Å². The second-order valence-electron chi connectivity index (χ2n) is 4.06. The average Bonchev–Trinajstić information content (AvgIpc) is 2.40. The van der Waals surface area contributed by atoms with Crippen LogP contribution >= 0.6 is 0 Å². The molecule has 0 N–H and O–H groups in total. The molecular weight excluding hydrogens is 226 g/mol. The number of methoxy groups -OCH3 is 1. The van der Waals surface area contributed by atoms with Crippen molar-refractivity contribution < 1.29 is 9.48 Å². The van der Waals surface area contributed by atoms with Gasteiger partial charge in [-0.1, -0.05) is 17.7 Å². The molecule has 3 heteroatoms. The van der Waals surface area contributed by atoms with Crippen LogP contribution in [0.5, 0.6) is 5.75 Å². The number of hydrogen-bond donors (Lipinski definition) is 0. The molecule has 0 aliphatic heterocycles. The molecule has 2 aromatic carbocycles. The average molecular weight is 241 g/mol. The Morgan fingerprint density at radius 2 is 1.61 bits per heavy atom. The van der Waals surface area contributed by atoms with Gasteiger partial charge in [-0.3, -0.25) is 0 Å². The van der Waals surface area contributed by atoms with Gasteiger partial charge in [-0.2, -0.15) is 4.74 Å². The lowest BCUT2D eigenvalue weighted by atomic mass is 10.2. The molecule has 2 rings (SSSR count). The SMILES string of the molecule is COc1ccc(/C=[N+](\[O-])c2ccc(C)cc2)cc1. The predicted octanol–water partition coefficient (Wildman–Crippen LogP) is 3.26. The van der Waals surface area contributed by atoms with E-state index in [1.165, 1.54) is 0 Å². The zero-order valence-corrected chi connectivity index (χ0v) is 10.5. The summed E-state index contributed by atoms with van der Waals surface area (Å²) in [5, 5.41) is 11.9. The minimum Gasteiger partial charge on any atom is -0.618 e. The monoisotopic (exact) mass is 241 g/mol. The number of benzene rings is 2. The Balaban J connectivity index is 2.23. The molecule has 0 aliphatic rings. The number of nitrogens with zero attached hydrogens (tertiary/aromatic N) is 1. The van der Waals surface area contributed by atoms with E-state index >= 15 is 0 Å². The maximum atomic E-state index is 11.9. The van der Waals surface area contributed by atoms with E-state index in [1.54, 1.807) is 13.3 Å². The molecule has 18 heavy (non-hydrogen) atoms. The van der Waals surface area contributed by atoms with Gasteiger partial charge in [-0.25, -0.2) is 0 Å². The third kappa shape index (κ3) is 2.88. The summed E-state index contributed by atoms with van der Waals surface area (Å²) in [7, 11) is 1.62.